The summed E-state index contributed by atoms with van der Waals surface area (Å²) in [7, 11) is 1.62. The summed E-state index contributed by atoms with van der Waals surface area (Å²) in [5, 5.41) is 2.66. The lowest BCUT2D eigenvalue weighted by Crippen LogP contribution is -2.23. The van der Waals surface area contributed by atoms with Crippen LogP contribution in [0.1, 0.15) is 12.5 Å². The average Bonchev–Trinajstić information content (AvgIpc) is 2.60. The number of carbonyl (C=O) groups excluding carboxylic acids is 1. The highest BCUT2D eigenvalue weighted by atomic mass is 32.2. The second kappa shape index (κ2) is 9.02. The van der Waals surface area contributed by atoms with E-state index in [-0.39, 0.29) is 5.91 Å². The predicted molar refractivity (Wildman–Crippen MR) is 93.4 cm³/mol. The van der Waals surface area contributed by atoms with Gasteiger partial charge < -0.3 is 5.32 Å². The maximum absolute atomic E-state index is 12.1. The van der Waals surface area contributed by atoms with E-state index in [0.29, 0.717) is 17.2 Å². The van der Waals surface area contributed by atoms with Gasteiger partial charge in [0, 0.05) is 11.9 Å². The van der Waals surface area contributed by atoms with Crippen molar-refractivity contribution in [3.63, 3.8) is 0 Å². The molecule has 0 aliphatic rings. The third kappa shape index (κ3) is 5.47. The maximum Gasteiger partial charge on any atom is 0.259 e. The van der Waals surface area contributed by atoms with Gasteiger partial charge in [0.1, 0.15) is 0 Å². The van der Waals surface area contributed by atoms with E-state index in [2.05, 4.69) is 10.8 Å². The number of rotatable bonds is 7. The van der Waals surface area contributed by atoms with Gasteiger partial charge in [-0.25, -0.2) is 0 Å². The fourth-order valence-corrected chi connectivity index (χ4v) is 2.78. The van der Waals surface area contributed by atoms with Crippen LogP contribution < -0.4 is 10.8 Å². The number of allylic oxidation sites excluding steroid dienone is 1. The van der Waals surface area contributed by atoms with Gasteiger partial charge in [0.25, 0.3) is 5.91 Å². The normalized spacial score (nSPS) is 11.6. The molecule has 0 spiro atoms. The van der Waals surface area contributed by atoms with Gasteiger partial charge in [-0.2, -0.15) is 0 Å². The van der Waals surface area contributed by atoms with Gasteiger partial charge in [-0.15, -0.1) is 0 Å². The zero-order valence-electron chi connectivity index (χ0n) is 13.2. The molecule has 2 rings (SSSR count). The van der Waals surface area contributed by atoms with Gasteiger partial charge in [0.05, 0.1) is 17.2 Å². The topological polar surface area (TPSA) is 50.4 Å². The minimum atomic E-state index is -0.146. The lowest BCUT2D eigenvalue weighted by atomic mass is 10.2. The van der Waals surface area contributed by atoms with Gasteiger partial charge in [-0.05, 0) is 24.6 Å². The molecule has 0 bridgehead atoms. The molecule has 0 unspecified atom stereocenters. The molecule has 0 atom stereocenters. The molecular weight excluding hydrogens is 308 g/mol. The Balaban J connectivity index is 2.03. The Hall–Kier alpha value is -2.24. The molecule has 0 aliphatic carbocycles. The summed E-state index contributed by atoms with van der Waals surface area (Å²) < 4.78 is 0. The van der Waals surface area contributed by atoms with Crippen LogP contribution in [0.4, 0.5) is 0 Å². The predicted octanol–water partition coefficient (Wildman–Crippen LogP) is 3.48. The summed E-state index contributed by atoms with van der Waals surface area (Å²) in [6.07, 6.45) is 0. The van der Waals surface area contributed by atoms with Crippen molar-refractivity contribution in [3.05, 3.63) is 76.8 Å². The van der Waals surface area contributed by atoms with E-state index in [0.717, 1.165) is 10.5 Å². The van der Waals surface area contributed by atoms with E-state index < -0.39 is 0 Å². The Labute approximate surface area is 140 Å². The van der Waals surface area contributed by atoms with Crippen molar-refractivity contribution in [1.82, 2.24) is 10.8 Å². The lowest BCUT2D eigenvalue weighted by Gasteiger charge is -2.13. The largest absolute Gasteiger partial charge is 0.355 e. The van der Waals surface area contributed by atoms with E-state index in [1.807, 2.05) is 67.6 Å². The van der Waals surface area contributed by atoms with Crippen LogP contribution in [0.2, 0.25) is 0 Å². The van der Waals surface area contributed by atoms with Crippen LogP contribution >= 0.6 is 11.8 Å². The second-order valence-corrected chi connectivity index (χ2v) is 5.91. The third-order valence-electron chi connectivity index (χ3n) is 3.04. The first kappa shape index (κ1) is 17.1. The van der Waals surface area contributed by atoms with E-state index in [9.17, 15) is 4.79 Å². The smallest absolute Gasteiger partial charge is 0.259 e. The zero-order valence-corrected chi connectivity index (χ0v) is 14.0. The van der Waals surface area contributed by atoms with Gasteiger partial charge in [-0.3, -0.25) is 15.1 Å². The monoisotopic (exact) mass is 328 g/mol. The number of amides is 1. The van der Waals surface area contributed by atoms with Crippen molar-refractivity contribution >= 4 is 17.7 Å². The number of thioether (sulfide) groups is 1. The summed E-state index contributed by atoms with van der Waals surface area (Å²) in [6.45, 7) is 2.25. The van der Waals surface area contributed by atoms with Crippen LogP contribution in [0.3, 0.4) is 0 Å². The highest BCUT2D eigenvalue weighted by molar-refractivity contribution is 8.04. The number of benzene rings is 2. The van der Waals surface area contributed by atoms with Crippen LogP contribution in [0.5, 0.6) is 0 Å². The molecule has 0 aliphatic heterocycles. The van der Waals surface area contributed by atoms with Crippen molar-refractivity contribution in [1.29, 1.82) is 0 Å². The van der Waals surface area contributed by atoms with Gasteiger partial charge in [0.2, 0.25) is 0 Å². The zero-order chi connectivity index (χ0) is 16.5. The van der Waals surface area contributed by atoms with Gasteiger partial charge >= 0.3 is 0 Å². The molecule has 120 valence electrons. The maximum atomic E-state index is 12.1. The van der Waals surface area contributed by atoms with Crippen LogP contribution in [-0.2, 0) is 16.2 Å². The Morgan fingerprint density at radius 2 is 1.65 bits per heavy atom. The van der Waals surface area contributed by atoms with Crippen LogP contribution in [0, 0.1) is 0 Å². The molecule has 0 saturated heterocycles. The standard InChI is InChI=1S/C18H20N2O2S/c1-14(20-22-13-15-9-5-3-6-10-15)17(18(21)19-2)23-16-11-7-4-8-12-16/h3-12,20H,13H2,1-2H3,(H,19,21)/b17-14+. The molecule has 0 heterocycles. The minimum absolute atomic E-state index is 0.146. The summed E-state index contributed by atoms with van der Waals surface area (Å²) in [5.41, 5.74) is 4.60. The molecule has 2 aromatic rings. The van der Waals surface area contributed by atoms with Crippen molar-refractivity contribution in [3.8, 4) is 0 Å². The van der Waals surface area contributed by atoms with Gasteiger partial charge in [-0.1, -0.05) is 60.3 Å². The van der Waals surface area contributed by atoms with Crippen molar-refractivity contribution in [2.24, 2.45) is 0 Å². The SMILES string of the molecule is CNC(=O)/C(Sc1ccccc1)=C(/C)NOCc1ccccc1. The van der Waals surface area contributed by atoms with Gasteiger partial charge in [0.15, 0.2) is 0 Å². The summed E-state index contributed by atoms with van der Waals surface area (Å²) in [6, 6.07) is 19.6. The minimum Gasteiger partial charge on any atom is -0.355 e. The summed E-state index contributed by atoms with van der Waals surface area (Å²) >= 11 is 1.40. The van der Waals surface area contributed by atoms with Crippen molar-refractivity contribution in [2.75, 3.05) is 7.05 Å². The van der Waals surface area contributed by atoms with Crippen LogP contribution in [0.15, 0.2) is 76.2 Å². The van der Waals surface area contributed by atoms with E-state index in [4.69, 9.17) is 4.84 Å². The molecule has 1 amide bonds. The Morgan fingerprint density at radius 1 is 1.04 bits per heavy atom. The van der Waals surface area contributed by atoms with Crippen molar-refractivity contribution in [2.45, 2.75) is 18.4 Å². The molecule has 5 heteroatoms. The third-order valence-corrected chi connectivity index (χ3v) is 4.25. The summed E-state index contributed by atoms with van der Waals surface area (Å²) in [4.78, 5) is 19.2. The fraction of sp³-hybridized carbons (Fsp3) is 0.167. The number of hydrogen-bond donors (Lipinski definition) is 2. The molecule has 0 saturated carbocycles. The molecule has 2 aromatic carbocycles. The number of likely N-dealkylation sites (N-methyl/N-ethyl adjacent to an activating group) is 1. The van der Waals surface area contributed by atoms with Crippen molar-refractivity contribution < 1.29 is 9.63 Å². The Bertz CT molecular complexity index is 657. The van der Waals surface area contributed by atoms with E-state index in [1.165, 1.54) is 11.8 Å². The van der Waals surface area contributed by atoms with E-state index >= 15 is 0 Å². The molecule has 4 nitrogen and oxygen atoms in total. The number of carbonyl (C=O) groups is 1. The molecular formula is C18H20N2O2S. The van der Waals surface area contributed by atoms with Crippen LogP contribution in [-0.4, -0.2) is 13.0 Å². The molecule has 0 radical (unpaired) electrons. The first-order chi connectivity index (χ1) is 11.2. The first-order valence-corrected chi connectivity index (χ1v) is 8.10. The first-order valence-electron chi connectivity index (χ1n) is 7.28. The molecule has 2 N–H and O–H groups in total. The fourth-order valence-electron chi connectivity index (χ4n) is 1.86. The highest BCUT2D eigenvalue weighted by Gasteiger charge is 2.13. The Morgan fingerprint density at radius 3 is 2.26 bits per heavy atom. The highest BCUT2D eigenvalue weighted by Crippen LogP contribution is 2.28. The lowest BCUT2D eigenvalue weighted by molar-refractivity contribution is -0.116. The van der Waals surface area contributed by atoms with Crippen LogP contribution in [0.25, 0.3) is 0 Å². The quantitative estimate of drug-likeness (QED) is 0.464. The summed E-state index contributed by atoms with van der Waals surface area (Å²) in [5.74, 6) is -0.146. The average molecular weight is 328 g/mol. The second-order valence-electron chi connectivity index (χ2n) is 4.82. The molecule has 23 heavy (non-hydrogen) atoms. The number of nitrogens with one attached hydrogen (secondary N) is 2. The molecule has 0 fully saturated rings. The molecule has 0 aromatic heterocycles. The number of hydrogen-bond acceptors (Lipinski definition) is 4. The van der Waals surface area contributed by atoms with E-state index in [1.54, 1.807) is 7.05 Å². The Kier molecular flexibility index (Phi) is 6.72. The number of hydroxylamine groups is 1.